The fourth-order valence-electron chi connectivity index (χ4n) is 3.30. The number of allylic oxidation sites excluding steroid dienone is 3. The molecule has 1 aliphatic carbocycles. The van der Waals surface area contributed by atoms with Crippen molar-refractivity contribution < 1.29 is 9.53 Å². The number of nitrogens with zero attached hydrogens (tertiary/aromatic N) is 4. The highest BCUT2D eigenvalue weighted by atomic mass is 16.5. The van der Waals surface area contributed by atoms with Crippen LogP contribution in [0.15, 0.2) is 47.1 Å². The molecule has 4 rings (SSSR count). The zero-order valence-corrected chi connectivity index (χ0v) is 13.2. The van der Waals surface area contributed by atoms with Crippen LogP contribution < -0.4 is 5.73 Å². The van der Waals surface area contributed by atoms with Gasteiger partial charge in [0.1, 0.15) is 17.4 Å². The molecular weight excluding hydrogens is 320 g/mol. The number of H-pyrrole nitrogens is 1. The van der Waals surface area contributed by atoms with E-state index in [1.165, 1.54) is 0 Å². The second kappa shape index (κ2) is 5.87. The van der Waals surface area contributed by atoms with Crippen molar-refractivity contribution in [3.05, 3.63) is 52.6 Å². The van der Waals surface area contributed by atoms with Gasteiger partial charge in [0.25, 0.3) is 0 Å². The van der Waals surface area contributed by atoms with Crippen LogP contribution in [0, 0.1) is 11.3 Å². The lowest BCUT2D eigenvalue weighted by Crippen LogP contribution is -2.27. The summed E-state index contributed by atoms with van der Waals surface area (Å²) in [5.74, 6) is 0.639. The van der Waals surface area contributed by atoms with Gasteiger partial charge in [-0.25, -0.2) is 0 Å². The summed E-state index contributed by atoms with van der Waals surface area (Å²) in [4.78, 5) is 12.5. The van der Waals surface area contributed by atoms with Crippen molar-refractivity contribution in [1.82, 2.24) is 20.6 Å². The molecule has 0 bridgehead atoms. The number of nitrogens with one attached hydrogen (secondary N) is 1. The first-order chi connectivity index (χ1) is 12.2. The highest BCUT2D eigenvalue weighted by Gasteiger charge is 2.37. The number of carbonyl (C=O) groups excluding carboxylic acids is 1. The second-order valence-electron chi connectivity index (χ2n) is 5.90. The molecule has 8 heteroatoms. The molecule has 2 aliphatic rings. The molecule has 0 spiro atoms. The van der Waals surface area contributed by atoms with E-state index in [-0.39, 0.29) is 17.2 Å². The summed E-state index contributed by atoms with van der Waals surface area (Å²) >= 11 is 0. The van der Waals surface area contributed by atoms with Crippen LogP contribution in [0.1, 0.15) is 30.7 Å². The topological polar surface area (TPSA) is 131 Å². The third-order valence-electron chi connectivity index (χ3n) is 4.45. The van der Waals surface area contributed by atoms with Crippen molar-refractivity contribution in [3.63, 3.8) is 0 Å². The van der Waals surface area contributed by atoms with Crippen LogP contribution in [0.4, 0.5) is 0 Å². The molecule has 0 saturated carbocycles. The van der Waals surface area contributed by atoms with E-state index in [2.05, 4.69) is 26.7 Å². The lowest BCUT2D eigenvalue weighted by Gasteiger charge is -2.31. The third kappa shape index (κ3) is 2.46. The average Bonchev–Trinajstić information content (AvgIpc) is 3.15. The largest absolute Gasteiger partial charge is 0.444 e. The maximum Gasteiger partial charge on any atom is 0.205 e. The number of rotatable bonds is 2. The van der Waals surface area contributed by atoms with Crippen molar-refractivity contribution in [2.24, 2.45) is 5.73 Å². The standard InChI is InChI=1S/C17H14N6O2/c18-8-11-14(15-12(24)2-1-3-13(15)25-16(11)19)9-4-6-10(7-5-9)17-20-22-23-21-17/h4-7,14H,1-3,19H2,(H,20,21,22,23). The number of hydrogen-bond donors (Lipinski definition) is 2. The quantitative estimate of drug-likeness (QED) is 0.854. The Kier molecular flexibility index (Phi) is 3.54. The van der Waals surface area contributed by atoms with Crippen LogP contribution in [-0.2, 0) is 9.53 Å². The lowest BCUT2D eigenvalue weighted by atomic mass is 9.77. The van der Waals surface area contributed by atoms with E-state index in [0.29, 0.717) is 30.0 Å². The predicted octanol–water partition coefficient (Wildman–Crippen LogP) is 1.68. The summed E-state index contributed by atoms with van der Waals surface area (Å²) in [6.45, 7) is 0. The monoisotopic (exact) mass is 334 g/mol. The Morgan fingerprint density at radius 2 is 2.08 bits per heavy atom. The molecule has 124 valence electrons. The third-order valence-corrected chi connectivity index (χ3v) is 4.45. The zero-order valence-electron chi connectivity index (χ0n) is 13.2. The van der Waals surface area contributed by atoms with Crippen molar-refractivity contribution >= 4 is 5.78 Å². The van der Waals surface area contributed by atoms with Gasteiger partial charge in [0.05, 0.1) is 5.92 Å². The molecule has 1 aromatic carbocycles. The minimum absolute atomic E-state index is 0.00810. The van der Waals surface area contributed by atoms with Crippen LogP contribution in [0.25, 0.3) is 11.4 Å². The smallest absolute Gasteiger partial charge is 0.205 e. The second-order valence-corrected chi connectivity index (χ2v) is 5.90. The van der Waals surface area contributed by atoms with Gasteiger partial charge in [0.15, 0.2) is 5.78 Å². The highest BCUT2D eigenvalue weighted by Crippen LogP contribution is 2.43. The molecule has 0 amide bonds. The van der Waals surface area contributed by atoms with E-state index in [0.717, 1.165) is 17.5 Å². The van der Waals surface area contributed by atoms with Gasteiger partial charge in [-0.2, -0.15) is 10.5 Å². The van der Waals surface area contributed by atoms with Crippen LogP contribution in [0.2, 0.25) is 0 Å². The number of tetrazole rings is 1. The summed E-state index contributed by atoms with van der Waals surface area (Å²) in [7, 11) is 0. The van der Waals surface area contributed by atoms with Gasteiger partial charge in [-0.1, -0.05) is 24.3 Å². The molecule has 25 heavy (non-hydrogen) atoms. The SMILES string of the molecule is N#CC1=C(N)OC2=C(C(=O)CCC2)C1c1ccc(-c2nn[nH]n2)cc1. The van der Waals surface area contributed by atoms with Crippen LogP contribution in [0.3, 0.4) is 0 Å². The molecule has 1 unspecified atom stereocenters. The first-order valence-corrected chi connectivity index (χ1v) is 7.86. The van der Waals surface area contributed by atoms with E-state index < -0.39 is 5.92 Å². The number of nitriles is 1. The molecular formula is C17H14N6O2. The number of benzene rings is 1. The van der Waals surface area contributed by atoms with Crippen LogP contribution in [0.5, 0.6) is 0 Å². The first kappa shape index (κ1) is 15.1. The Morgan fingerprint density at radius 1 is 1.28 bits per heavy atom. The maximum atomic E-state index is 12.5. The Hall–Kier alpha value is -3.47. The first-order valence-electron chi connectivity index (χ1n) is 7.86. The number of aromatic nitrogens is 4. The number of ketones is 1. The van der Waals surface area contributed by atoms with Gasteiger partial charge in [-0.15, -0.1) is 10.2 Å². The Balaban J connectivity index is 1.80. The average molecular weight is 334 g/mol. The fourth-order valence-corrected chi connectivity index (χ4v) is 3.30. The molecule has 1 atom stereocenters. The number of carbonyl (C=O) groups is 1. The molecule has 0 radical (unpaired) electrons. The van der Waals surface area contributed by atoms with Gasteiger partial charge >= 0.3 is 0 Å². The highest BCUT2D eigenvalue weighted by molar-refractivity contribution is 5.99. The van der Waals surface area contributed by atoms with Crippen molar-refractivity contribution in [2.75, 3.05) is 0 Å². The van der Waals surface area contributed by atoms with Crippen molar-refractivity contribution in [3.8, 4) is 17.5 Å². The van der Waals surface area contributed by atoms with Crippen LogP contribution in [-0.4, -0.2) is 26.4 Å². The molecule has 2 aromatic rings. The van der Waals surface area contributed by atoms with E-state index in [1.807, 2.05) is 24.3 Å². The normalized spacial score (nSPS) is 20.1. The summed E-state index contributed by atoms with van der Waals surface area (Å²) in [6, 6.07) is 9.45. The van der Waals surface area contributed by atoms with E-state index >= 15 is 0 Å². The summed E-state index contributed by atoms with van der Waals surface area (Å²) in [6.07, 6.45) is 1.84. The predicted molar refractivity (Wildman–Crippen MR) is 86.2 cm³/mol. The molecule has 0 saturated heterocycles. The maximum absolute atomic E-state index is 12.5. The van der Waals surface area contributed by atoms with E-state index in [1.54, 1.807) is 0 Å². The number of nitrogens with two attached hydrogens (primary N) is 1. The summed E-state index contributed by atoms with van der Waals surface area (Å²) < 4.78 is 5.56. The zero-order chi connectivity index (χ0) is 17.4. The molecule has 8 nitrogen and oxygen atoms in total. The molecule has 2 heterocycles. The number of hydrogen-bond acceptors (Lipinski definition) is 7. The van der Waals surface area contributed by atoms with Gasteiger partial charge < -0.3 is 10.5 Å². The Morgan fingerprint density at radius 3 is 2.76 bits per heavy atom. The minimum atomic E-state index is -0.499. The minimum Gasteiger partial charge on any atom is -0.444 e. The summed E-state index contributed by atoms with van der Waals surface area (Å²) in [5.41, 5.74) is 8.33. The van der Waals surface area contributed by atoms with E-state index in [9.17, 15) is 10.1 Å². The number of Topliss-reactive ketones (excluding diaryl/α,β-unsaturated/α-hetero) is 1. The molecule has 0 fully saturated rings. The Labute approximate surface area is 143 Å². The molecule has 1 aliphatic heterocycles. The number of ether oxygens (including phenoxy) is 1. The van der Waals surface area contributed by atoms with Gasteiger partial charge in [-0.05, 0) is 17.2 Å². The van der Waals surface area contributed by atoms with Crippen LogP contribution >= 0.6 is 0 Å². The van der Waals surface area contributed by atoms with Gasteiger partial charge in [0.2, 0.25) is 11.7 Å². The lowest BCUT2D eigenvalue weighted by molar-refractivity contribution is -0.116. The number of aromatic amines is 1. The van der Waals surface area contributed by atoms with Crippen molar-refractivity contribution in [2.45, 2.75) is 25.2 Å². The van der Waals surface area contributed by atoms with E-state index in [4.69, 9.17) is 10.5 Å². The Bertz CT molecular complexity index is 935. The van der Waals surface area contributed by atoms with Gasteiger partial charge in [-0.3, -0.25) is 4.79 Å². The molecule has 1 aromatic heterocycles. The molecule has 3 N–H and O–H groups in total. The van der Waals surface area contributed by atoms with Crippen molar-refractivity contribution in [1.29, 1.82) is 5.26 Å². The van der Waals surface area contributed by atoms with Gasteiger partial charge in [0, 0.05) is 24.0 Å². The fraction of sp³-hybridized carbons (Fsp3) is 0.235. The summed E-state index contributed by atoms with van der Waals surface area (Å²) in [5, 5.41) is 23.4.